The predicted octanol–water partition coefficient (Wildman–Crippen LogP) is 2.10. The van der Waals surface area contributed by atoms with Gasteiger partial charge in [0.05, 0.1) is 11.1 Å². The van der Waals surface area contributed by atoms with E-state index in [0.717, 1.165) is 51.3 Å². The lowest BCUT2D eigenvalue weighted by atomic mass is 10.1. The maximum absolute atomic E-state index is 12.4. The van der Waals surface area contributed by atoms with Gasteiger partial charge < -0.3 is 15.5 Å². The average molecular weight is 400 g/mol. The van der Waals surface area contributed by atoms with Crippen LogP contribution in [0.1, 0.15) is 59.7 Å². The first-order chi connectivity index (χ1) is 14.1. The number of nitrogens with one attached hydrogen (secondary N) is 2. The van der Waals surface area contributed by atoms with E-state index in [1.165, 1.54) is 17.9 Å². The minimum Gasteiger partial charge on any atom is -0.356 e. The molecule has 0 unspecified atom stereocenters. The standard InChI is InChI=1S/C22H33N5O2/c1-3-13-26-15-10-17(11-16-26)25-22(23-2)24-12-6-7-14-27-20(28)18-8-4-5-9-19(18)21(27)29/h4-5,8-9,17H,3,6-7,10-16H2,1-2H3,(H2,23,24,25). The Morgan fingerprint density at radius 3 is 2.31 bits per heavy atom. The Hall–Kier alpha value is -2.41. The van der Waals surface area contributed by atoms with Crippen molar-refractivity contribution in [3.63, 3.8) is 0 Å². The monoisotopic (exact) mass is 399 g/mol. The normalized spacial score (nSPS) is 18.3. The molecule has 158 valence electrons. The van der Waals surface area contributed by atoms with Gasteiger partial charge in [-0.3, -0.25) is 19.5 Å². The summed E-state index contributed by atoms with van der Waals surface area (Å²) in [4.78, 5) is 32.9. The Morgan fingerprint density at radius 2 is 1.72 bits per heavy atom. The van der Waals surface area contributed by atoms with E-state index < -0.39 is 0 Å². The lowest BCUT2D eigenvalue weighted by Gasteiger charge is -2.32. The van der Waals surface area contributed by atoms with Crippen LogP contribution in [-0.2, 0) is 0 Å². The maximum atomic E-state index is 12.4. The van der Waals surface area contributed by atoms with Gasteiger partial charge in [0.25, 0.3) is 11.8 Å². The Balaban J connectivity index is 1.34. The van der Waals surface area contributed by atoms with Crippen LogP contribution < -0.4 is 10.6 Å². The molecular weight excluding hydrogens is 366 g/mol. The highest BCUT2D eigenvalue weighted by molar-refractivity contribution is 6.21. The minimum absolute atomic E-state index is 0.176. The number of hydrogen-bond donors (Lipinski definition) is 2. The van der Waals surface area contributed by atoms with Crippen molar-refractivity contribution < 1.29 is 9.59 Å². The number of benzene rings is 1. The molecule has 2 N–H and O–H groups in total. The molecule has 2 amide bonds. The molecule has 0 aliphatic carbocycles. The first-order valence-corrected chi connectivity index (χ1v) is 10.8. The van der Waals surface area contributed by atoms with Gasteiger partial charge in [0.15, 0.2) is 5.96 Å². The van der Waals surface area contributed by atoms with Crippen LogP contribution in [-0.4, -0.2) is 73.4 Å². The molecule has 1 aromatic rings. The Kier molecular flexibility index (Phi) is 7.63. The van der Waals surface area contributed by atoms with Gasteiger partial charge in [-0.25, -0.2) is 0 Å². The molecule has 2 aliphatic rings. The highest BCUT2D eigenvalue weighted by atomic mass is 16.2. The lowest BCUT2D eigenvalue weighted by molar-refractivity contribution is 0.0652. The average Bonchev–Trinajstić information content (AvgIpc) is 2.99. The molecule has 1 aromatic carbocycles. The third-order valence-electron chi connectivity index (χ3n) is 5.67. The molecule has 2 aliphatic heterocycles. The second-order valence-corrected chi connectivity index (χ2v) is 7.77. The van der Waals surface area contributed by atoms with E-state index in [4.69, 9.17) is 0 Å². The van der Waals surface area contributed by atoms with Crippen LogP contribution in [0, 0.1) is 0 Å². The number of aliphatic imine (C=N–C) groups is 1. The fourth-order valence-corrected chi connectivity index (χ4v) is 4.05. The quantitative estimate of drug-likeness (QED) is 0.303. The number of piperidine rings is 1. The van der Waals surface area contributed by atoms with Crippen molar-refractivity contribution in [3.8, 4) is 0 Å². The summed E-state index contributed by atoms with van der Waals surface area (Å²) in [7, 11) is 1.79. The van der Waals surface area contributed by atoms with Crippen LogP contribution >= 0.6 is 0 Å². The van der Waals surface area contributed by atoms with Crippen molar-refractivity contribution in [1.29, 1.82) is 0 Å². The first kappa shape index (κ1) is 21.3. The molecule has 0 spiro atoms. The van der Waals surface area contributed by atoms with Gasteiger partial charge in [-0.15, -0.1) is 0 Å². The number of hydrogen-bond acceptors (Lipinski definition) is 4. The second kappa shape index (κ2) is 10.4. The fraction of sp³-hybridized carbons (Fsp3) is 0.591. The number of amides is 2. The van der Waals surface area contributed by atoms with Gasteiger partial charge in [-0.1, -0.05) is 19.1 Å². The molecule has 1 saturated heterocycles. The number of imide groups is 1. The minimum atomic E-state index is -0.176. The number of carbonyl (C=O) groups excluding carboxylic acids is 2. The van der Waals surface area contributed by atoms with Crippen LogP contribution in [0.5, 0.6) is 0 Å². The van der Waals surface area contributed by atoms with Crippen LogP contribution in [0.3, 0.4) is 0 Å². The number of nitrogens with zero attached hydrogens (tertiary/aromatic N) is 3. The molecule has 3 rings (SSSR count). The highest BCUT2D eigenvalue weighted by Gasteiger charge is 2.34. The zero-order valence-corrected chi connectivity index (χ0v) is 17.6. The maximum Gasteiger partial charge on any atom is 0.261 e. The molecule has 0 atom stereocenters. The Bertz CT molecular complexity index is 705. The topological polar surface area (TPSA) is 77.0 Å². The summed E-state index contributed by atoms with van der Waals surface area (Å²) in [5, 5.41) is 6.87. The number of unbranched alkanes of at least 4 members (excludes halogenated alkanes) is 1. The Morgan fingerprint density at radius 1 is 1.07 bits per heavy atom. The molecule has 0 saturated carbocycles. The van der Waals surface area contributed by atoms with Crippen molar-refractivity contribution in [1.82, 2.24) is 20.4 Å². The molecule has 0 bridgehead atoms. The van der Waals surface area contributed by atoms with Gasteiger partial charge in [0.1, 0.15) is 0 Å². The molecular formula is C22H33N5O2. The van der Waals surface area contributed by atoms with Gasteiger partial charge in [-0.2, -0.15) is 0 Å². The molecule has 0 aromatic heterocycles. The van der Waals surface area contributed by atoms with Gasteiger partial charge >= 0.3 is 0 Å². The number of fused-ring (bicyclic) bond motifs is 1. The van der Waals surface area contributed by atoms with Crippen LogP contribution in [0.4, 0.5) is 0 Å². The summed E-state index contributed by atoms with van der Waals surface area (Å²) < 4.78 is 0. The number of likely N-dealkylation sites (tertiary alicyclic amines) is 1. The van der Waals surface area contributed by atoms with Crippen molar-refractivity contribution in [2.75, 3.05) is 39.8 Å². The Labute approximate surface area is 173 Å². The number of rotatable bonds is 8. The largest absolute Gasteiger partial charge is 0.356 e. The molecule has 29 heavy (non-hydrogen) atoms. The smallest absolute Gasteiger partial charge is 0.261 e. The summed E-state index contributed by atoms with van der Waals surface area (Å²) in [5.41, 5.74) is 1.04. The van der Waals surface area contributed by atoms with E-state index in [0.29, 0.717) is 23.7 Å². The van der Waals surface area contributed by atoms with Gasteiger partial charge in [0.2, 0.25) is 0 Å². The summed E-state index contributed by atoms with van der Waals surface area (Å²) >= 11 is 0. The molecule has 0 radical (unpaired) electrons. The fourth-order valence-electron chi connectivity index (χ4n) is 4.05. The van der Waals surface area contributed by atoms with E-state index in [-0.39, 0.29) is 11.8 Å². The van der Waals surface area contributed by atoms with Crippen molar-refractivity contribution >= 4 is 17.8 Å². The molecule has 7 heteroatoms. The predicted molar refractivity (Wildman–Crippen MR) is 115 cm³/mol. The number of guanidine groups is 1. The van der Waals surface area contributed by atoms with E-state index >= 15 is 0 Å². The summed E-state index contributed by atoms with van der Waals surface area (Å²) in [6.45, 7) is 6.91. The van der Waals surface area contributed by atoms with Crippen LogP contribution in [0.15, 0.2) is 29.3 Å². The van der Waals surface area contributed by atoms with Gasteiger partial charge in [0, 0.05) is 39.3 Å². The molecule has 1 fully saturated rings. The summed E-state index contributed by atoms with van der Waals surface area (Å²) in [6, 6.07) is 7.50. The van der Waals surface area contributed by atoms with E-state index in [1.54, 1.807) is 31.3 Å². The zero-order chi connectivity index (χ0) is 20.6. The SMILES string of the molecule is CCCN1CCC(NC(=NC)NCCCCN2C(=O)c3ccccc3C2=O)CC1. The second-order valence-electron chi connectivity index (χ2n) is 7.77. The van der Waals surface area contributed by atoms with Crippen LogP contribution in [0.25, 0.3) is 0 Å². The van der Waals surface area contributed by atoms with Crippen molar-refractivity contribution in [3.05, 3.63) is 35.4 Å². The van der Waals surface area contributed by atoms with E-state index in [1.807, 2.05) is 0 Å². The number of carbonyl (C=O) groups is 2. The molecule has 2 heterocycles. The zero-order valence-electron chi connectivity index (χ0n) is 17.6. The lowest BCUT2D eigenvalue weighted by Crippen LogP contribution is -2.48. The van der Waals surface area contributed by atoms with Gasteiger partial charge in [-0.05, 0) is 50.8 Å². The molecule has 7 nitrogen and oxygen atoms in total. The van der Waals surface area contributed by atoms with Crippen LogP contribution in [0.2, 0.25) is 0 Å². The highest BCUT2D eigenvalue weighted by Crippen LogP contribution is 2.22. The third-order valence-corrected chi connectivity index (χ3v) is 5.67. The van der Waals surface area contributed by atoms with E-state index in [9.17, 15) is 9.59 Å². The van der Waals surface area contributed by atoms with Crippen molar-refractivity contribution in [2.45, 2.75) is 45.1 Å². The first-order valence-electron chi connectivity index (χ1n) is 10.8. The summed E-state index contributed by atoms with van der Waals surface area (Å²) in [5.74, 6) is 0.482. The third kappa shape index (κ3) is 5.35. The van der Waals surface area contributed by atoms with E-state index in [2.05, 4.69) is 27.4 Å². The summed E-state index contributed by atoms with van der Waals surface area (Å²) in [6.07, 6.45) is 5.12. The van der Waals surface area contributed by atoms with Crippen molar-refractivity contribution in [2.24, 2.45) is 4.99 Å².